The summed E-state index contributed by atoms with van der Waals surface area (Å²) in [4.78, 5) is 19.5. The number of Topliss-reactive ketones (excluding diaryl/α,β-unsaturated/α-hetero) is 1. The van der Waals surface area contributed by atoms with Crippen LogP contribution in [0.1, 0.15) is 15.9 Å². The molecule has 0 bridgehead atoms. The Morgan fingerprint density at radius 2 is 2.00 bits per heavy atom. The van der Waals surface area contributed by atoms with Crippen molar-refractivity contribution in [1.82, 2.24) is 9.97 Å². The van der Waals surface area contributed by atoms with E-state index >= 15 is 0 Å². The molecule has 0 amide bonds. The lowest BCUT2D eigenvalue weighted by Gasteiger charge is -2.03. The Hall–Kier alpha value is -1.26. The summed E-state index contributed by atoms with van der Waals surface area (Å²) in [6.07, 6.45) is 4.65. The molecule has 0 radical (unpaired) electrons. The lowest BCUT2D eigenvalue weighted by atomic mass is 10.1. The Bertz CT molecular complexity index is 545. The van der Waals surface area contributed by atoms with Gasteiger partial charge >= 0.3 is 0 Å². The SMILES string of the molecule is O=C(Cc1ccc(Br)cc1Cl)c1cncnc1. The van der Waals surface area contributed by atoms with Crippen molar-refractivity contribution in [3.05, 3.63) is 57.5 Å². The molecule has 86 valence electrons. The van der Waals surface area contributed by atoms with E-state index in [4.69, 9.17) is 11.6 Å². The van der Waals surface area contributed by atoms with E-state index < -0.39 is 0 Å². The smallest absolute Gasteiger partial charge is 0.170 e. The molecule has 0 aliphatic heterocycles. The fourth-order valence-electron chi connectivity index (χ4n) is 1.38. The third-order valence-corrected chi connectivity index (χ3v) is 3.09. The monoisotopic (exact) mass is 310 g/mol. The molecule has 2 aromatic rings. The van der Waals surface area contributed by atoms with Crippen molar-refractivity contribution in [3.8, 4) is 0 Å². The minimum absolute atomic E-state index is 0.0465. The molecule has 0 spiro atoms. The first-order valence-corrected chi connectivity index (χ1v) is 6.06. The van der Waals surface area contributed by atoms with E-state index in [1.807, 2.05) is 12.1 Å². The maximum atomic E-state index is 11.9. The second kappa shape index (κ2) is 5.38. The lowest BCUT2D eigenvalue weighted by Crippen LogP contribution is -2.04. The zero-order valence-electron chi connectivity index (χ0n) is 8.73. The molecule has 2 rings (SSSR count). The molecular weight excluding hydrogens is 304 g/mol. The summed E-state index contributed by atoms with van der Waals surface area (Å²) >= 11 is 9.37. The molecule has 1 aromatic carbocycles. The van der Waals surface area contributed by atoms with Gasteiger partial charge in [0.2, 0.25) is 0 Å². The molecule has 0 aliphatic rings. The van der Waals surface area contributed by atoms with Crippen molar-refractivity contribution in [3.63, 3.8) is 0 Å². The van der Waals surface area contributed by atoms with Crippen molar-refractivity contribution in [2.45, 2.75) is 6.42 Å². The number of ketones is 1. The number of rotatable bonds is 3. The minimum Gasteiger partial charge on any atom is -0.294 e. The highest BCUT2D eigenvalue weighted by molar-refractivity contribution is 9.10. The van der Waals surface area contributed by atoms with E-state index in [9.17, 15) is 4.79 Å². The van der Waals surface area contributed by atoms with Crippen molar-refractivity contribution in [2.24, 2.45) is 0 Å². The van der Waals surface area contributed by atoms with Gasteiger partial charge in [-0.2, -0.15) is 0 Å². The van der Waals surface area contributed by atoms with Crippen LogP contribution in [0.15, 0.2) is 41.4 Å². The molecule has 0 saturated heterocycles. The normalized spacial score (nSPS) is 10.2. The Morgan fingerprint density at radius 3 is 2.65 bits per heavy atom. The summed E-state index contributed by atoms with van der Waals surface area (Å²) in [6.45, 7) is 0. The van der Waals surface area contributed by atoms with E-state index in [0.717, 1.165) is 10.0 Å². The number of nitrogens with zero attached hydrogens (tertiary/aromatic N) is 2. The van der Waals surface area contributed by atoms with Crippen LogP contribution in [0, 0.1) is 0 Å². The number of benzene rings is 1. The van der Waals surface area contributed by atoms with Crippen LogP contribution in [-0.4, -0.2) is 15.8 Å². The van der Waals surface area contributed by atoms with Crippen molar-refractivity contribution in [1.29, 1.82) is 0 Å². The minimum atomic E-state index is -0.0465. The molecule has 0 atom stereocenters. The molecule has 0 saturated carbocycles. The van der Waals surface area contributed by atoms with Crippen molar-refractivity contribution < 1.29 is 4.79 Å². The Kier molecular flexibility index (Phi) is 3.86. The van der Waals surface area contributed by atoms with Crippen molar-refractivity contribution >= 4 is 33.3 Å². The van der Waals surface area contributed by atoms with Crippen LogP contribution in [0.25, 0.3) is 0 Å². The molecule has 17 heavy (non-hydrogen) atoms. The first-order chi connectivity index (χ1) is 8.16. The summed E-state index contributed by atoms with van der Waals surface area (Å²) < 4.78 is 0.891. The highest BCUT2D eigenvalue weighted by Gasteiger charge is 2.10. The molecule has 0 aliphatic carbocycles. The standard InChI is InChI=1S/C12H8BrClN2O/c13-10-2-1-8(11(14)4-10)3-12(17)9-5-15-7-16-6-9/h1-2,4-7H,3H2. The van der Waals surface area contributed by atoms with E-state index in [1.54, 1.807) is 6.07 Å². The quantitative estimate of drug-likeness (QED) is 0.817. The van der Waals surface area contributed by atoms with Crippen LogP contribution < -0.4 is 0 Å². The zero-order chi connectivity index (χ0) is 12.3. The Morgan fingerprint density at radius 1 is 1.29 bits per heavy atom. The number of aromatic nitrogens is 2. The molecule has 0 N–H and O–H groups in total. The maximum absolute atomic E-state index is 11.9. The summed E-state index contributed by atoms with van der Waals surface area (Å²) in [6, 6.07) is 5.45. The molecule has 1 aromatic heterocycles. The number of halogens is 2. The molecule has 1 heterocycles. The van der Waals surface area contributed by atoms with Gasteiger partial charge in [0.25, 0.3) is 0 Å². The molecule has 3 nitrogen and oxygen atoms in total. The van der Waals surface area contributed by atoms with Gasteiger partial charge < -0.3 is 0 Å². The third kappa shape index (κ3) is 3.11. The first-order valence-electron chi connectivity index (χ1n) is 4.89. The van der Waals surface area contributed by atoms with Gasteiger partial charge in [-0.05, 0) is 17.7 Å². The van der Waals surface area contributed by atoms with E-state index in [2.05, 4.69) is 25.9 Å². The van der Waals surface area contributed by atoms with E-state index in [-0.39, 0.29) is 12.2 Å². The molecule has 0 fully saturated rings. The summed E-state index contributed by atoms with van der Waals surface area (Å²) in [7, 11) is 0. The summed E-state index contributed by atoms with van der Waals surface area (Å²) in [5, 5.41) is 0.574. The number of carbonyl (C=O) groups is 1. The predicted octanol–water partition coefficient (Wildman–Crippen LogP) is 3.32. The van der Waals surface area contributed by atoms with Gasteiger partial charge in [-0.15, -0.1) is 0 Å². The van der Waals surface area contributed by atoms with Gasteiger partial charge in [0.1, 0.15) is 6.33 Å². The summed E-state index contributed by atoms with van der Waals surface area (Å²) in [5.74, 6) is -0.0465. The number of hydrogen-bond acceptors (Lipinski definition) is 3. The van der Waals surface area contributed by atoms with E-state index in [0.29, 0.717) is 10.6 Å². The lowest BCUT2D eigenvalue weighted by molar-refractivity contribution is 0.0992. The third-order valence-electron chi connectivity index (χ3n) is 2.25. The molecular formula is C12H8BrClN2O. The molecule has 5 heteroatoms. The highest BCUT2D eigenvalue weighted by Crippen LogP contribution is 2.22. The van der Waals surface area contributed by atoms with Gasteiger partial charge in [-0.3, -0.25) is 4.79 Å². The predicted molar refractivity (Wildman–Crippen MR) is 69.2 cm³/mol. The Balaban J connectivity index is 2.19. The fourth-order valence-corrected chi connectivity index (χ4v) is 2.12. The van der Waals surface area contributed by atoms with Crippen LogP contribution in [0.4, 0.5) is 0 Å². The Labute approximate surface area is 112 Å². The number of carbonyl (C=O) groups excluding carboxylic acids is 1. The largest absolute Gasteiger partial charge is 0.294 e. The topological polar surface area (TPSA) is 42.9 Å². The fraction of sp³-hybridized carbons (Fsp3) is 0.0833. The second-order valence-electron chi connectivity index (χ2n) is 3.46. The average molecular weight is 312 g/mol. The zero-order valence-corrected chi connectivity index (χ0v) is 11.1. The van der Waals surface area contributed by atoms with Crippen LogP contribution in [0.5, 0.6) is 0 Å². The van der Waals surface area contributed by atoms with Gasteiger partial charge in [0.15, 0.2) is 5.78 Å². The van der Waals surface area contributed by atoms with Crippen LogP contribution in [0.3, 0.4) is 0 Å². The van der Waals surface area contributed by atoms with Crippen LogP contribution in [-0.2, 0) is 6.42 Å². The van der Waals surface area contributed by atoms with Gasteiger partial charge in [0, 0.05) is 28.3 Å². The van der Waals surface area contributed by atoms with E-state index in [1.165, 1.54) is 18.7 Å². The van der Waals surface area contributed by atoms with Crippen LogP contribution in [0.2, 0.25) is 5.02 Å². The van der Waals surface area contributed by atoms with Gasteiger partial charge in [0.05, 0.1) is 5.56 Å². The highest BCUT2D eigenvalue weighted by atomic mass is 79.9. The van der Waals surface area contributed by atoms with Crippen LogP contribution >= 0.6 is 27.5 Å². The van der Waals surface area contributed by atoms with Gasteiger partial charge in [-0.25, -0.2) is 9.97 Å². The second-order valence-corrected chi connectivity index (χ2v) is 4.79. The number of hydrogen-bond donors (Lipinski definition) is 0. The summed E-state index contributed by atoms with van der Waals surface area (Å²) in [5.41, 5.74) is 1.29. The van der Waals surface area contributed by atoms with Gasteiger partial charge in [-0.1, -0.05) is 33.6 Å². The van der Waals surface area contributed by atoms with Crippen molar-refractivity contribution in [2.75, 3.05) is 0 Å². The average Bonchev–Trinajstić information content (AvgIpc) is 2.34. The maximum Gasteiger partial charge on any atom is 0.170 e. The first kappa shape index (κ1) is 12.2. The molecule has 0 unspecified atom stereocenters.